The second kappa shape index (κ2) is 11.3. The van der Waals surface area contributed by atoms with Gasteiger partial charge in [0.05, 0.1) is 0 Å². The Morgan fingerprint density at radius 1 is 1.00 bits per heavy atom. The Kier molecular flexibility index (Phi) is 8.53. The van der Waals surface area contributed by atoms with Crippen molar-refractivity contribution in [3.05, 3.63) is 35.9 Å². The molecule has 1 aromatic rings. The monoisotopic (exact) mass is 442 g/mol. The minimum atomic E-state index is -0.588. The highest BCUT2D eigenvalue weighted by Crippen LogP contribution is 2.24. The van der Waals surface area contributed by atoms with E-state index >= 15 is 0 Å². The third-order valence-electron chi connectivity index (χ3n) is 6.49. The molecule has 2 aliphatic rings. The normalized spacial score (nSPS) is 20.7. The van der Waals surface area contributed by atoms with Gasteiger partial charge in [-0.3, -0.25) is 9.59 Å². The van der Waals surface area contributed by atoms with E-state index in [2.05, 4.69) is 10.6 Å². The van der Waals surface area contributed by atoms with Gasteiger partial charge in [-0.1, -0.05) is 49.6 Å². The largest absolute Gasteiger partial charge is 0.344 e. The van der Waals surface area contributed by atoms with Crippen molar-refractivity contribution in [3.8, 4) is 0 Å². The van der Waals surface area contributed by atoms with Crippen LogP contribution in [0.25, 0.3) is 0 Å². The highest BCUT2D eigenvalue weighted by molar-refractivity contribution is 5.89. The summed E-state index contributed by atoms with van der Waals surface area (Å²) in [7, 11) is 0. The topological polar surface area (TPSA) is 81.8 Å². The van der Waals surface area contributed by atoms with Gasteiger partial charge in [-0.2, -0.15) is 0 Å². The fourth-order valence-corrected chi connectivity index (χ4v) is 4.71. The number of nitrogens with one attached hydrogen (secondary N) is 2. The number of hydrogen-bond donors (Lipinski definition) is 2. The van der Waals surface area contributed by atoms with E-state index < -0.39 is 6.04 Å². The van der Waals surface area contributed by atoms with E-state index in [4.69, 9.17) is 0 Å². The molecule has 7 nitrogen and oxygen atoms in total. The number of piperazine rings is 1. The first kappa shape index (κ1) is 24.1. The van der Waals surface area contributed by atoms with Crippen molar-refractivity contribution in [2.24, 2.45) is 5.92 Å². The summed E-state index contributed by atoms with van der Waals surface area (Å²) in [5, 5.41) is 6.02. The van der Waals surface area contributed by atoms with Crippen molar-refractivity contribution < 1.29 is 14.4 Å². The zero-order valence-corrected chi connectivity index (χ0v) is 19.7. The molecule has 2 atom stereocenters. The zero-order chi connectivity index (χ0) is 23.1. The summed E-state index contributed by atoms with van der Waals surface area (Å²) < 4.78 is 0. The summed E-state index contributed by atoms with van der Waals surface area (Å²) in [4.78, 5) is 42.5. The molecule has 3 rings (SSSR count). The average Bonchev–Trinajstić information content (AvgIpc) is 2.78. The maximum Gasteiger partial charge on any atom is 0.317 e. The van der Waals surface area contributed by atoms with E-state index in [9.17, 15) is 14.4 Å². The number of rotatable bonds is 6. The van der Waals surface area contributed by atoms with Crippen LogP contribution in [-0.4, -0.2) is 65.4 Å². The summed E-state index contributed by atoms with van der Waals surface area (Å²) in [6.07, 6.45) is 5.61. The number of urea groups is 1. The molecule has 2 N–H and O–H groups in total. The molecule has 32 heavy (non-hydrogen) atoms. The molecule has 1 saturated heterocycles. The van der Waals surface area contributed by atoms with Gasteiger partial charge >= 0.3 is 6.03 Å². The number of amides is 4. The van der Waals surface area contributed by atoms with Gasteiger partial charge in [0.25, 0.3) is 0 Å². The highest BCUT2D eigenvalue weighted by atomic mass is 16.2. The lowest BCUT2D eigenvalue weighted by Gasteiger charge is -2.41. The predicted molar refractivity (Wildman–Crippen MR) is 125 cm³/mol. The van der Waals surface area contributed by atoms with E-state index in [1.54, 1.807) is 9.80 Å². The molecule has 1 aliphatic carbocycles. The quantitative estimate of drug-likeness (QED) is 0.711. The number of benzene rings is 1. The van der Waals surface area contributed by atoms with Gasteiger partial charge < -0.3 is 20.4 Å². The van der Waals surface area contributed by atoms with Crippen LogP contribution in [0.15, 0.2) is 30.3 Å². The molecular weight excluding hydrogens is 404 g/mol. The maximum atomic E-state index is 13.5. The number of hydrogen-bond acceptors (Lipinski definition) is 3. The zero-order valence-electron chi connectivity index (χ0n) is 19.7. The van der Waals surface area contributed by atoms with E-state index in [1.165, 1.54) is 6.42 Å². The fraction of sp³-hybridized carbons (Fsp3) is 0.640. The van der Waals surface area contributed by atoms with Crippen molar-refractivity contribution in [1.29, 1.82) is 0 Å². The molecule has 2 unspecified atom stereocenters. The van der Waals surface area contributed by atoms with Crippen molar-refractivity contribution >= 4 is 17.8 Å². The number of nitrogens with zero attached hydrogens (tertiary/aromatic N) is 2. The van der Waals surface area contributed by atoms with E-state index in [-0.39, 0.29) is 35.8 Å². The van der Waals surface area contributed by atoms with Gasteiger partial charge in [0.15, 0.2) is 0 Å². The molecule has 1 saturated carbocycles. The predicted octanol–water partition coefficient (Wildman–Crippen LogP) is 2.94. The molecule has 1 aliphatic heterocycles. The lowest BCUT2D eigenvalue weighted by atomic mass is 9.88. The lowest BCUT2D eigenvalue weighted by Crippen LogP contribution is -2.61. The third kappa shape index (κ3) is 6.47. The molecular formula is C25H38N4O3. The van der Waals surface area contributed by atoms with Crippen LogP contribution in [0.5, 0.6) is 0 Å². The molecule has 7 heteroatoms. The van der Waals surface area contributed by atoms with Crippen LogP contribution in [0, 0.1) is 5.92 Å². The fourth-order valence-electron chi connectivity index (χ4n) is 4.71. The van der Waals surface area contributed by atoms with Crippen LogP contribution in [0.4, 0.5) is 4.79 Å². The Bertz CT molecular complexity index is 777. The van der Waals surface area contributed by atoms with Crippen LogP contribution < -0.4 is 10.6 Å². The van der Waals surface area contributed by atoms with Gasteiger partial charge in [0.2, 0.25) is 11.8 Å². The summed E-state index contributed by atoms with van der Waals surface area (Å²) >= 11 is 0. The molecule has 4 amide bonds. The van der Waals surface area contributed by atoms with Gasteiger partial charge in [-0.05, 0) is 39.2 Å². The molecule has 2 fully saturated rings. The van der Waals surface area contributed by atoms with Crippen molar-refractivity contribution in [2.75, 3.05) is 19.6 Å². The Morgan fingerprint density at radius 2 is 1.69 bits per heavy atom. The van der Waals surface area contributed by atoms with Crippen LogP contribution >= 0.6 is 0 Å². The van der Waals surface area contributed by atoms with Gasteiger partial charge in [0.1, 0.15) is 6.04 Å². The standard InChI is InChI=1S/C25H38N4O3/c1-18(2)26-25(32)29-15-14-28(17-19(29)3)24(31)22(16-20-10-6-4-7-11-20)27-23(30)21-12-8-5-9-13-21/h4,6-7,10-11,18-19,21-22H,5,8-9,12-17H2,1-3H3,(H,26,32)(H,27,30). The third-order valence-corrected chi connectivity index (χ3v) is 6.49. The summed E-state index contributed by atoms with van der Waals surface area (Å²) in [5.74, 6) is -0.0546. The Labute approximate surface area is 191 Å². The SMILES string of the molecule is CC(C)NC(=O)N1CCN(C(=O)C(Cc2ccccc2)NC(=O)C2CCCCC2)CC1C. The first-order valence-corrected chi connectivity index (χ1v) is 12.1. The maximum absolute atomic E-state index is 13.5. The van der Waals surface area contributed by atoms with Crippen LogP contribution in [0.1, 0.15) is 58.4 Å². The molecule has 0 radical (unpaired) electrons. The van der Waals surface area contributed by atoms with Crippen LogP contribution in [0.2, 0.25) is 0 Å². The van der Waals surface area contributed by atoms with Gasteiger partial charge in [-0.15, -0.1) is 0 Å². The van der Waals surface area contributed by atoms with E-state index in [0.717, 1.165) is 31.2 Å². The number of carbonyl (C=O) groups excluding carboxylic acids is 3. The second-order valence-electron chi connectivity index (χ2n) is 9.52. The molecule has 0 bridgehead atoms. The van der Waals surface area contributed by atoms with E-state index in [1.807, 2.05) is 51.1 Å². The molecule has 176 valence electrons. The highest BCUT2D eigenvalue weighted by Gasteiger charge is 2.34. The first-order valence-electron chi connectivity index (χ1n) is 12.1. The molecule has 0 aromatic heterocycles. The molecule has 1 aromatic carbocycles. The Hall–Kier alpha value is -2.57. The average molecular weight is 443 g/mol. The minimum Gasteiger partial charge on any atom is -0.344 e. The minimum absolute atomic E-state index is 0.00183. The van der Waals surface area contributed by atoms with Crippen LogP contribution in [-0.2, 0) is 16.0 Å². The van der Waals surface area contributed by atoms with Crippen molar-refractivity contribution in [3.63, 3.8) is 0 Å². The molecule has 0 spiro atoms. The van der Waals surface area contributed by atoms with Gasteiger partial charge in [-0.25, -0.2) is 4.79 Å². The van der Waals surface area contributed by atoms with E-state index in [0.29, 0.717) is 26.1 Å². The number of carbonyl (C=O) groups is 3. The Morgan fingerprint density at radius 3 is 2.31 bits per heavy atom. The Balaban J connectivity index is 1.67. The van der Waals surface area contributed by atoms with Gasteiger partial charge in [0, 0.05) is 44.1 Å². The first-order chi connectivity index (χ1) is 15.3. The smallest absolute Gasteiger partial charge is 0.317 e. The van der Waals surface area contributed by atoms with Crippen molar-refractivity contribution in [1.82, 2.24) is 20.4 Å². The summed E-state index contributed by atoms with van der Waals surface area (Å²) in [5.41, 5.74) is 1.03. The molecule has 1 heterocycles. The van der Waals surface area contributed by atoms with Crippen LogP contribution in [0.3, 0.4) is 0 Å². The lowest BCUT2D eigenvalue weighted by molar-refractivity contribution is -0.139. The summed E-state index contributed by atoms with van der Waals surface area (Å²) in [6.45, 7) is 7.26. The van der Waals surface area contributed by atoms with Crippen molar-refractivity contribution in [2.45, 2.75) is 77.4 Å². The summed E-state index contributed by atoms with van der Waals surface area (Å²) in [6, 6.07) is 9.14. The second-order valence-corrected chi connectivity index (χ2v) is 9.52.